The number of halogens is 1. The van der Waals surface area contributed by atoms with Crippen LogP contribution < -0.4 is 22.1 Å². The summed E-state index contributed by atoms with van der Waals surface area (Å²) in [5.41, 5.74) is 16.4. The van der Waals surface area contributed by atoms with Crippen LogP contribution in [0.25, 0.3) is 0 Å². The number of benzene rings is 1. The standard InChI is InChI=1S/C13H17FN4O2/c14-9-5-10(15)8(13(17)20)4-11(9)18-3-1-2-7(6-18)12(16)19/h4-5,7H,1-3,6,15H2,(H2,16,19)(H2,17,20). The van der Waals surface area contributed by atoms with Gasteiger partial charge in [0.15, 0.2) is 0 Å². The molecule has 1 aliphatic rings. The van der Waals surface area contributed by atoms with Crippen molar-refractivity contribution in [3.05, 3.63) is 23.5 Å². The Kier molecular flexibility index (Phi) is 3.78. The number of carbonyl (C=O) groups excluding carboxylic acids is 2. The number of amides is 2. The number of carbonyl (C=O) groups is 2. The summed E-state index contributed by atoms with van der Waals surface area (Å²) in [6.45, 7) is 0.914. The summed E-state index contributed by atoms with van der Waals surface area (Å²) in [4.78, 5) is 24.2. The van der Waals surface area contributed by atoms with Crippen LogP contribution in [0.4, 0.5) is 15.8 Å². The minimum Gasteiger partial charge on any atom is -0.398 e. The molecule has 2 amide bonds. The molecule has 0 aromatic heterocycles. The molecule has 0 spiro atoms. The van der Waals surface area contributed by atoms with E-state index < -0.39 is 17.6 Å². The van der Waals surface area contributed by atoms with Crippen LogP contribution in [0.2, 0.25) is 0 Å². The number of nitrogen functional groups attached to an aromatic ring is 1. The molecule has 1 unspecified atom stereocenters. The molecule has 0 aliphatic carbocycles. The third kappa shape index (κ3) is 2.66. The van der Waals surface area contributed by atoms with Crippen molar-refractivity contribution in [3.8, 4) is 0 Å². The van der Waals surface area contributed by atoms with Crippen LogP contribution in [0.3, 0.4) is 0 Å². The third-order valence-electron chi connectivity index (χ3n) is 3.55. The van der Waals surface area contributed by atoms with Crippen molar-refractivity contribution in [1.29, 1.82) is 0 Å². The van der Waals surface area contributed by atoms with Crippen LogP contribution in [-0.4, -0.2) is 24.9 Å². The molecule has 2 rings (SSSR count). The molecule has 20 heavy (non-hydrogen) atoms. The predicted octanol–water partition coefficient (Wildman–Crippen LogP) is 0.208. The second kappa shape index (κ2) is 5.36. The highest BCUT2D eigenvalue weighted by atomic mass is 19.1. The fraction of sp³-hybridized carbons (Fsp3) is 0.385. The minimum atomic E-state index is -0.716. The van der Waals surface area contributed by atoms with Crippen LogP contribution in [-0.2, 0) is 4.79 Å². The molecule has 7 heteroatoms. The smallest absolute Gasteiger partial charge is 0.250 e. The van der Waals surface area contributed by atoms with Crippen LogP contribution in [0.5, 0.6) is 0 Å². The summed E-state index contributed by atoms with van der Waals surface area (Å²) < 4.78 is 14.0. The van der Waals surface area contributed by atoms with Gasteiger partial charge in [0, 0.05) is 18.8 Å². The van der Waals surface area contributed by atoms with Crippen molar-refractivity contribution in [3.63, 3.8) is 0 Å². The van der Waals surface area contributed by atoms with Gasteiger partial charge in [-0.05, 0) is 25.0 Å². The van der Waals surface area contributed by atoms with Crippen molar-refractivity contribution in [2.24, 2.45) is 17.4 Å². The SMILES string of the molecule is NC(=O)c1cc(N2CCCC(C(N)=O)C2)c(F)cc1N. The van der Waals surface area contributed by atoms with E-state index in [9.17, 15) is 14.0 Å². The highest BCUT2D eigenvalue weighted by molar-refractivity contribution is 5.99. The molecule has 1 aliphatic heterocycles. The topological polar surface area (TPSA) is 115 Å². The summed E-state index contributed by atoms with van der Waals surface area (Å²) in [6, 6.07) is 2.40. The largest absolute Gasteiger partial charge is 0.398 e. The second-order valence-corrected chi connectivity index (χ2v) is 4.94. The maximum atomic E-state index is 14.0. The first-order chi connectivity index (χ1) is 9.40. The molecule has 1 aromatic rings. The molecule has 1 fully saturated rings. The molecule has 1 atom stereocenters. The summed E-state index contributed by atoms with van der Waals surface area (Å²) in [5, 5.41) is 0. The Bertz CT molecular complexity index is 562. The average molecular weight is 280 g/mol. The molecular weight excluding hydrogens is 263 g/mol. The van der Waals surface area contributed by atoms with E-state index in [1.807, 2.05) is 0 Å². The lowest BCUT2D eigenvalue weighted by Gasteiger charge is -2.33. The first kappa shape index (κ1) is 14.1. The zero-order chi connectivity index (χ0) is 14.9. The Morgan fingerprint density at radius 1 is 1.30 bits per heavy atom. The van der Waals surface area contributed by atoms with Gasteiger partial charge in [0.2, 0.25) is 5.91 Å². The normalized spacial score (nSPS) is 18.9. The van der Waals surface area contributed by atoms with Gasteiger partial charge < -0.3 is 22.1 Å². The van der Waals surface area contributed by atoms with Gasteiger partial charge in [-0.3, -0.25) is 9.59 Å². The number of hydrogen-bond donors (Lipinski definition) is 3. The molecule has 108 valence electrons. The van der Waals surface area contributed by atoms with Crippen LogP contribution >= 0.6 is 0 Å². The molecule has 0 saturated carbocycles. The summed E-state index contributed by atoms with van der Waals surface area (Å²) >= 11 is 0. The Balaban J connectivity index is 2.34. The minimum absolute atomic E-state index is 0.00205. The van der Waals surface area contributed by atoms with E-state index in [0.717, 1.165) is 12.5 Å². The van der Waals surface area contributed by atoms with Crippen molar-refractivity contribution >= 4 is 23.2 Å². The molecule has 1 aromatic carbocycles. The van der Waals surface area contributed by atoms with E-state index in [2.05, 4.69) is 0 Å². The number of piperidine rings is 1. The maximum Gasteiger partial charge on any atom is 0.250 e. The van der Waals surface area contributed by atoms with Crippen molar-refractivity contribution in [1.82, 2.24) is 0 Å². The number of nitrogens with zero attached hydrogens (tertiary/aromatic N) is 1. The van der Waals surface area contributed by atoms with E-state index in [1.54, 1.807) is 4.90 Å². The summed E-state index contributed by atoms with van der Waals surface area (Å²) in [7, 11) is 0. The molecule has 6 nitrogen and oxygen atoms in total. The van der Waals surface area contributed by atoms with E-state index >= 15 is 0 Å². The quantitative estimate of drug-likeness (QED) is 0.686. The lowest BCUT2D eigenvalue weighted by molar-refractivity contribution is -0.122. The molecule has 1 heterocycles. The Hall–Kier alpha value is -2.31. The van der Waals surface area contributed by atoms with Gasteiger partial charge in [-0.25, -0.2) is 4.39 Å². The van der Waals surface area contributed by atoms with Gasteiger partial charge in [0.1, 0.15) is 5.82 Å². The second-order valence-electron chi connectivity index (χ2n) is 4.94. The molecule has 6 N–H and O–H groups in total. The van der Waals surface area contributed by atoms with E-state index in [0.29, 0.717) is 19.5 Å². The number of hydrogen-bond acceptors (Lipinski definition) is 4. The lowest BCUT2D eigenvalue weighted by Crippen LogP contribution is -2.41. The van der Waals surface area contributed by atoms with Crippen molar-refractivity contribution in [2.75, 3.05) is 23.7 Å². The fourth-order valence-corrected chi connectivity index (χ4v) is 2.46. The summed E-state index contributed by atoms with van der Waals surface area (Å²) in [5.74, 6) is -1.98. The average Bonchev–Trinajstić information content (AvgIpc) is 2.38. The predicted molar refractivity (Wildman–Crippen MR) is 73.5 cm³/mol. The molecular formula is C13H17FN4O2. The third-order valence-corrected chi connectivity index (χ3v) is 3.55. The van der Waals surface area contributed by atoms with Gasteiger partial charge in [-0.2, -0.15) is 0 Å². The first-order valence-electron chi connectivity index (χ1n) is 6.33. The van der Waals surface area contributed by atoms with Crippen LogP contribution in [0.15, 0.2) is 12.1 Å². The fourth-order valence-electron chi connectivity index (χ4n) is 2.46. The zero-order valence-corrected chi connectivity index (χ0v) is 10.9. The van der Waals surface area contributed by atoms with E-state index in [1.165, 1.54) is 6.07 Å². The van der Waals surface area contributed by atoms with Crippen LogP contribution in [0, 0.1) is 11.7 Å². The Morgan fingerprint density at radius 3 is 2.60 bits per heavy atom. The van der Waals surface area contributed by atoms with Gasteiger partial charge in [-0.15, -0.1) is 0 Å². The Labute approximate surface area is 115 Å². The number of nitrogens with two attached hydrogens (primary N) is 3. The number of rotatable bonds is 3. The van der Waals surface area contributed by atoms with Crippen molar-refractivity contribution in [2.45, 2.75) is 12.8 Å². The van der Waals surface area contributed by atoms with Crippen molar-refractivity contribution < 1.29 is 14.0 Å². The maximum absolute atomic E-state index is 14.0. The van der Waals surface area contributed by atoms with E-state index in [4.69, 9.17) is 17.2 Å². The highest BCUT2D eigenvalue weighted by Gasteiger charge is 2.26. The first-order valence-corrected chi connectivity index (χ1v) is 6.33. The molecule has 1 saturated heterocycles. The van der Waals surface area contributed by atoms with Gasteiger partial charge in [0.05, 0.1) is 17.2 Å². The lowest BCUT2D eigenvalue weighted by atomic mass is 9.96. The van der Waals surface area contributed by atoms with Gasteiger partial charge in [-0.1, -0.05) is 0 Å². The van der Waals surface area contributed by atoms with Gasteiger partial charge >= 0.3 is 0 Å². The molecule has 0 radical (unpaired) electrons. The van der Waals surface area contributed by atoms with E-state index in [-0.39, 0.29) is 22.9 Å². The van der Waals surface area contributed by atoms with Crippen LogP contribution in [0.1, 0.15) is 23.2 Å². The van der Waals surface area contributed by atoms with Gasteiger partial charge in [0.25, 0.3) is 5.91 Å². The number of anilines is 2. The number of primary amides is 2. The Morgan fingerprint density at radius 2 is 2.00 bits per heavy atom. The zero-order valence-electron chi connectivity index (χ0n) is 10.9. The monoisotopic (exact) mass is 280 g/mol. The molecule has 0 bridgehead atoms. The summed E-state index contributed by atoms with van der Waals surface area (Å²) in [6.07, 6.45) is 1.41. The highest BCUT2D eigenvalue weighted by Crippen LogP contribution is 2.29.